The lowest BCUT2D eigenvalue weighted by Crippen LogP contribution is -2.17. The molecule has 0 aromatic heterocycles. The molecule has 0 saturated heterocycles. The van der Waals surface area contributed by atoms with Crippen LogP contribution in [0.2, 0.25) is 0 Å². The molecule has 2 aliphatic rings. The summed E-state index contributed by atoms with van der Waals surface area (Å²) >= 11 is 0. The normalized spacial score (nSPS) is 31.6. The average molecular weight is 651 g/mol. The van der Waals surface area contributed by atoms with Crippen LogP contribution in [0.15, 0.2) is 0 Å². The first-order chi connectivity index (χ1) is 22.9. The van der Waals surface area contributed by atoms with Crippen LogP contribution in [0.5, 0.6) is 0 Å². The van der Waals surface area contributed by atoms with E-state index in [9.17, 15) is 0 Å². The highest BCUT2D eigenvalue weighted by Gasteiger charge is 2.24. The van der Waals surface area contributed by atoms with Crippen molar-refractivity contribution in [3.63, 3.8) is 0 Å². The molecule has 0 unspecified atom stereocenters. The summed E-state index contributed by atoms with van der Waals surface area (Å²) in [5, 5.41) is 0. The molecular weight excluding hydrogens is 553 g/mol. The number of rotatable bonds is 8. The van der Waals surface area contributed by atoms with E-state index in [1.54, 1.807) is 0 Å². The van der Waals surface area contributed by atoms with Crippen molar-refractivity contribution in [1.29, 1.82) is 0 Å². The molecule has 2 rings (SSSR count). The molecule has 280 valence electrons. The Kier molecular flexibility index (Phi) is 26.6. The standard InChI is InChI=1S/2C22H44.2CH4/c2*1-7-19-9-13-21(17(3)4)15-11-20(8-2)12-16-22(14-10-19)18(5)6;;/h2*17-22H,7-16H2,1-6H3;2*1H4/i;;2*1D. The third kappa shape index (κ3) is 19.9. The number of hydrogen-bond donors (Lipinski definition) is 0. The molecule has 0 heterocycles. The lowest BCUT2D eigenvalue weighted by Gasteiger charge is -2.30. The average Bonchev–Trinajstić information content (AvgIpc) is 3.07. The van der Waals surface area contributed by atoms with Crippen molar-refractivity contribution in [3.05, 3.63) is 0 Å². The molecular formula is C46H96. The lowest BCUT2D eigenvalue weighted by atomic mass is 9.76. The topological polar surface area (TPSA) is 0 Å². The summed E-state index contributed by atoms with van der Waals surface area (Å²) in [6.45, 7) is 29.3. The second-order valence-electron chi connectivity index (χ2n) is 17.7. The maximum Gasteiger partial charge on any atom is 0.0194 e. The molecule has 0 heteroatoms. The van der Waals surface area contributed by atoms with E-state index in [0.717, 1.165) is 71.0 Å². The summed E-state index contributed by atoms with van der Waals surface area (Å²) in [7, 11) is 2.50. The minimum atomic E-state index is 0.876. The van der Waals surface area contributed by atoms with Crippen LogP contribution in [0, 0.1) is 71.0 Å². The van der Waals surface area contributed by atoms with Gasteiger partial charge < -0.3 is 0 Å². The van der Waals surface area contributed by atoms with Gasteiger partial charge in [0.15, 0.2) is 0 Å². The first-order valence-electron chi connectivity index (χ1n) is 22.9. The summed E-state index contributed by atoms with van der Waals surface area (Å²) in [5.74, 6) is 11.4. The first kappa shape index (κ1) is 44.0. The van der Waals surface area contributed by atoms with Crippen LogP contribution in [-0.2, 0) is 0 Å². The van der Waals surface area contributed by atoms with Gasteiger partial charge in [0.05, 0.1) is 0 Å². The second-order valence-corrected chi connectivity index (χ2v) is 17.7. The zero-order chi connectivity index (χ0) is 37.1. The van der Waals surface area contributed by atoms with Crippen LogP contribution in [0.25, 0.3) is 0 Å². The fraction of sp³-hybridized carbons (Fsp3) is 1.00. The maximum absolute atomic E-state index is 5.75. The van der Waals surface area contributed by atoms with Crippen LogP contribution in [-0.4, -0.2) is 0 Å². The van der Waals surface area contributed by atoms with Gasteiger partial charge in [0.25, 0.3) is 0 Å². The zero-order valence-corrected chi connectivity index (χ0v) is 35.1. The summed E-state index contributed by atoms with van der Waals surface area (Å²) in [6.07, 6.45) is 29.4. The van der Waals surface area contributed by atoms with E-state index in [2.05, 4.69) is 83.1 Å². The third-order valence-corrected chi connectivity index (χ3v) is 13.6. The summed E-state index contributed by atoms with van der Waals surface area (Å²) < 4.78 is 11.5. The highest BCUT2D eigenvalue weighted by Crippen LogP contribution is 2.37. The monoisotopic (exact) mass is 651 g/mol. The summed E-state index contributed by atoms with van der Waals surface area (Å²) in [6, 6.07) is 0. The van der Waals surface area contributed by atoms with Crippen molar-refractivity contribution in [2.75, 3.05) is 0 Å². The minimum absolute atomic E-state index is 0.876. The molecule has 0 aromatic rings. The van der Waals surface area contributed by atoms with Crippen LogP contribution in [0.1, 0.15) is 229 Å². The molecule has 0 N–H and O–H groups in total. The summed E-state index contributed by atoms with van der Waals surface area (Å²) in [5.41, 5.74) is 0. The highest BCUT2D eigenvalue weighted by molar-refractivity contribution is 4.76. The molecule has 0 atom stereocenters. The van der Waals surface area contributed by atoms with Gasteiger partial charge in [-0.15, -0.1) is 0 Å². The van der Waals surface area contributed by atoms with E-state index in [-0.39, 0.29) is 0 Å². The van der Waals surface area contributed by atoms with Crippen molar-refractivity contribution < 1.29 is 2.74 Å². The predicted molar refractivity (Wildman–Crippen MR) is 216 cm³/mol. The van der Waals surface area contributed by atoms with Gasteiger partial charge >= 0.3 is 0 Å². The van der Waals surface area contributed by atoms with E-state index in [0.29, 0.717) is 0 Å². The van der Waals surface area contributed by atoms with Crippen LogP contribution in [0.4, 0.5) is 0 Å². The highest BCUT2D eigenvalue weighted by atomic mass is 14.3. The third-order valence-electron chi connectivity index (χ3n) is 13.6. The van der Waals surface area contributed by atoms with Gasteiger partial charge in [0.1, 0.15) is 0 Å². The summed E-state index contributed by atoms with van der Waals surface area (Å²) in [4.78, 5) is 0. The van der Waals surface area contributed by atoms with Crippen molar-refractivity contribution in [2.24, 2.45) is 71.0 Å². The molecule has 0 amide bonds. The molecule has 2 saturated carbocycles. The Labute approximate surface area is 299 Å². The van der Waals surface area contributed by atoms with E-state index in [1.807, 2.05) is 0 Å². The van der Waals surface area contributed by atoms with Gasteiger partial charge in [-0.05, 0) is 122 Å². The van der Waals surface area contributed by atoms with Gasteiger partial charge in [0.2, 0.25) is 0 Å². The Morgan fingerprint density at radius 2 is 0.457 bits per heavy atom. The zero-order valence-electron chi connectivity index (χ0n) is 37.1. The Hall–Kier alpha value is 0. The Morgan fingerprint density at radius 3 is 0.543 bits per heavy atom. The van der Waals surface area contributed by atoms with E-state index in [1.165, 1.54) is 143 Å². The second kappa shape index (κ2) is 27.8. The Bertz CT molecular complexity index is 510. The predicted octanol–water partition coefficient (Wildman–Crippen LogP) is 16.7. The van der Waals surface area contributed by atoms with Crippen molar-refractivity contribution >= 4 is 0 Å². The molecule has 0 radical (unpaired) electrons. The molecule has 2 aliphatic carbocycles. The van der Waals surface area contributed by atoms with Crippen LogP contribution >= 0.6 is 0 Å². The van der Waals surface area contributed by atoms with Crippen molar-refractivity contribution in [2.45, 2.75) is 226 Å². The minimum Gasteiger partial charge on any atom is -0.0776 e. The number of hydrogen-bond acceptors (Lipinski definition) is 0. The lowest BCUT2D eigenvalue weighted by molar-refractivity contribution is 0.221. The largest absolute Gasteiger partial charge is 0.0776 e. The molecule has 0 nitrogen and oxygen atoms in total. The fourth-order valence-electron chi connectivity index (χ4n) is 9.05. The van der Waals surface area contributed by atoms with Crippen molar-refractivity contribution in [1.82, 2.24) is 0 Å². The smallest absolute Gasteiger partial charge is 0.0194 e. The van der Waals surface area contributed by atoms with Gasteiger partial charge in [-0.1, -0.05) is 175 Å². The molecule has 0 spiro atoms. The first-order valence-corrected chi connectivity index (χ1v) is 20.9. The van der Waals surface area contributed by atoms with Gasteiger partial charge in [-0.3, -0.25) is 0 Å². The molecule has 46 heavy (non-hydrogen) atoms. The Balaban J connectivity index is 0. The van der Waals surface area contributed by atoms with Crippen LogP contribution in [0.3, 0.4) is 0 Å². The fourth-order valence-corrected chi connectivity index (χ4v) is 9.05. The van der Waals surface area contributed by atoms with E-state index < -0.39 is 0 Å². The SMILES string of the molecule is CCC1CCC(C(C)C)CCC(CC)CCC(C(C)C)CC1.CCC1CCC(C(C)C)CCC(CC)CCC(C(C)C)CC1.[2H]C.[2H]C. The molecule has 2 fully saturated rings. The van der Waals surface area contributed by atoms with E-state index in [4.69, 9.17) is 2.74 Å². The van der Waals surface area contributed by atoms with Crippen LogP contribution < -0.4 is 0 Å². The van der Waals surface area contributed by atoms with Gasteiger partial charge in [-0.25, -0.2) is 0 Å². The Morgan fingerprint density at radius 1 is 0.326 bits per heavy atom. The molecule has 0 bridgehead atoms. The van der Waals surface area contributed by atoms with E-state index >= 15 is 0 Å². The van der Waals surface area contributed by atoms with Crippen molar-refractivity contribution in [3.8, 4) is 0 Å². The molecule has 0 aliphatic heterocycles. The maximum atomic E-state index is 5.75. The molecule has 0 aromatic carbocycles. The van der Waals surface area contributed by atoms with Gasteiger partial charge in [0, 0.05) is 2.74 Å². The quantitative estimate of drug-likeness (QED) is 0.245. The van der Waals surface area contributed by atoms with Gasteiger partial charge in [-0.2, -0.15) is 0 Å².